The lowest BCUT2D eigenvalue weighted by Gasteiger charge is -2.39. The summed E-state index contributed by atoms with van der Waals surface area (Å²) < 4.78 is 0. The van der Waals surface area contributed by atoms with Crippen LogP contribution in [0, 0.1) is 0 Å². The molecule has 0 saturated carbocycles. The van der Waals surface area contributed by atoms with Crippen LogP contribution >= 0.6 is 0 Å². The van der Waals surface area contributed by atoms with Gasteiger partial charge in [0.2, 0.25) is 0 Å². The summed E-state index contributed by atoms with van der Waals surface area (Å²) in [5.41, 5.74) is 6.55. The monoisotopic (exact) mass is 432 g/mol. The smallest absolute Gasteiger partial charge is 0.0897 e. The number of nitrogens with one attached hydrogen (secondary N) is 2. The van der Waals surface area contributed by atoms with Gasteiger partial charge in [-0.15, -0.1) is 0 Å². The summed E-state index contributed by atoms with van der Waals surface area (Å²) in [5, 5.41) is 7.04. The van der Waals surface area contributed by atoms with E-state index >= 15 is 0 Å². The van der Waals surface area contributed by atoms with Gasteiger partial charge in [0, 0.05) is 63.4 Å². The van der Waals surface area contributed by atoms with E-state index < -0.39 is 0 Å². The third kappa shape index (κ3) is 4.37. The van der Waals surface area contributed by atoms with Crippen LogP contribution in [0.3, 0.4) is 0 Å². The van der Waals surface area contributed by atoms with Crippen LogP contribution in [0.2, 0.25) is 0 Å². The summed E-state index contributed by atoms with van der Waals surface area (Å²) in [5.74, 6) is 0. The molecule has 170 valence electrons. The fourth-order valence-electron chi connectivity index (χ4n) is 5.35. The standard InChI is InChI=1S/C26H36N6/c1-17-11-27-12-18(2)31(17)15-21-5-7-23-25(9-21)30-26-10-22(6-8-24(26)29-23)16-32-19(3)13-28-14-20(32)4/h5-10,17-20,27-28H,11-16H2,1-4H3. The highest BCUT2D eigenvalue weighted by Crippen LogP contribution is 2.23. The molecule has 5 rings (SSSR count). The first kappa shape index (κ1) is 21.7. The van der Waals surface area contributed by atoms with Crippen LogP contribution in [0.15, 0.2) is 36.4 Å². The van der Waals surface area contributed by atoms with Crippen LogP contribution in [0.1, 0.15) is 38.8 Å². The first-order valence-electron chi connectivity index (χ1n) is 12.1. The third-order valence-electron chi connectivity index (χ3n) is 7.32. The number of piperazine rings is 2. The first-order valence-corrected chi connectivity index (χ1v) is 12.1. The number of fused-ring (bicyclic) bond motifs is 2. The Balaban J connectivity index is 1.42. The summed E-state index contributed by atoms with van der Waals surface area (Å²) in [6.45, 7) is 15.3. The maximum absolute atomic E-state index is 5.04. The molecule has 3 aromatic rings. The van der Waals surface area contributed by atoms with Gasteiger partial charge in [0.15, 0.2) is 0 Å². The second-order valence-electron chi connectivity index (χ2n) is 9.93. The van der Waals surface area contributed by atoms with Gasteiger partial charge >= 0.3 is 0 Å². The van der Waals surface area contributed by atoms with Gasteiger partial charge in [0.25, 0.3) is 0 Å². The molecule has 0 bridgehead atoms. The summed E-state index contributed by atoms with van der Waals surface area (Å²) in [6, 6.07) is 15.3. The average molecular weight is 433 g/mol. The molecule has 0 radical (unpaired) electrons. The Morgan fingerprint density at radius 1 is 0.625 bits per heavy atom. The summed E-state index contributed by atoms with van der Waals surface area (Å²) in [4.78, 5) is 15.1. The maximum atomic E-state index is 5.04. The largest absolute Gasteiger partial charge is 0.314 e. The highest BCUT2D eigenvalue weighted by Gasteiger charge is 2.25. The summed E-state index contributed by atoms with van der Waals surface area (Å²) in [7, 11) is 0. The van der Waals surface area contributed by atoms with E-state index in [1.165, 1.54) is 11.1 Å². The molecule has 1 aromatic heterocycles. The molecular weight excluding hydrogens is 396 g/mol. The average Bonchev–Trinajstić information content (AvgIpc) is 2.77. The van der Waals surface area contributed by atoms with E-state index in [1.807, 2.05) is 0 Å². The highest BCUT2D eigenvalue weighted by molar-refractivity contribution is 5.86. The van der Waals surface area contributed by atoms with Crippen molar-refractivity contribution >= 4 is 22.1 Å². The molecule has 4 unspecified atom stereocenters. The van der Waals surface area contributed by atoms with Crippen molar-refractivity contribution in [3.05, 3.63) is 47.5 Å². The van der Waals surface area contributed by atoms with Crippen molar-refractivity contribution in [2.24, 2.45) is 0 Å². The Hall–Kier alpha value is -2.12. The molecule has 2 aliphatic heterocycles. The zero-order chi connectivity index (χ0) is 22.2. The van der Waals surface area contributed by atoms with E-state index in [0.29, 0.717) is 24.2 Å². The van der Waals surface area contributed by atoms with Crippen molar-refractivity contribution in [3.63, 3.8) is 0 Å². The third-order valence-corrected chi connectivity index (χ3v) is 7.32. The van der Waals surface area contributed by atoms with E-state index in [0.717, 1.165) is 61.3 Å². The number of rotatable bonds is 4. The van der Waals surface area contributed by atoms with Crippen molar-refractivity contribution in [2.45, 2.75) is 65.0 Å². The number of nitrogens with zero attached hydrogens (tertiary/aromatic N) is 4. The van der Waals surface area contributed by atoms with Gasteiger partial charge < -0.3 is 10.6 Å². The topological polar surface area (TPSA) is 56.3 Å². The normalized spacial score (nSPS) is 27.9. The van der Waals surface area contributed by atoms with Gasteiger partial charge in [-0.2, -0.15) is 0 Å². The zero-order valence-corrected chi connectivity index (χ0v) is 19.8. The minimum atomic E-state index is 0.537. The molecule has 2 fully saturated rings. The van der Waals surface area contributed by atoms with Crippen molar-refractivity contribution < 1.29 is 0 Å². The van der Waals surface area contributed by atoms with E-state index in [4.69, 9.17) is 9.97 Å². The Morgan fingerprint density at radius 3 is 1.41 bits per heavy atom. The Labute approximate surface area is 191 Å². The van der Waals surface area contributed by atoms with Gasteiger partial charge in [-0.25, -0.2) is 9.97 Å². The Morgan fingerprint density at radius 2 is 1.00 bits per heavy atom. The van der Waals surface area contributed by atoms with Crippen molar-refractivity contribution in [1.29, 1.82) is 0 Å². The zero-order valence-electron chi connectivity index (χ0n) is 19.8. The predicted molar refractivity (Wildman–Crippen MR) is 132 cm³/mol. The number of benzene rings is 2. The van der Waals surface area contributed by atoms with Crippen LogP contribution < -0.4 is 10.6 Å². The lowest BCUT2D eigenvalue weighted by molar-refractivity contribution is 0.109. The van der Waals surface area contributed by atoms with Crippen molar-refractivity contribution in [3.8, 4) is 0 Å². The molecule has 6 nitrogen and oxygen atoms in total. The SMILES string of the molecule is CC1CNCC(C)N1Cc1ccc2nc3ccc(CN4C(C)CNCC4C)cc3nc2c1. The molecular formula is C26H36N6. The molecule has 0 aliphatic carbocycles. The number of hydrogen-bond donors (Lipinski definition) is 2. The predicted octanol–water partition coefficient (Wildman–Crippen LogP) is 3.15. The molecule has 2 saturated heterocycles. The van der Waals surface area contributed by atoms with Crippen molar-refractivity contribution in [1.82, 2.24) is 30.4 Å². The van der Waals surface area contributed by atoms with Gasteiger partial charge in [0.1, 0.15) is 0 Å². The van der Waals surface area contributed by atoms with Gasteiger partial charge in [-0.05, 0) is 63.1 Å². The molecule has 2 N–H and O–H groups in total. The Bertz CT molecular complexity index is 995. The van der Waals surface area contributed by atoms with E-state index in [1.54, 1.807) is 0 Å². The fourth-order valence-corrected chi connectivity index (χ4v) is 5.35. The van der Waals surface area contributed by atoms with Crippen LogP contribution in [0.5, 0.6) is 0 Å². The second kappa shape index (κ2) is 9.02. The first-order chi connectivity index (χ1) is 15.5. The highest BCUT2D eigenvalue weighted by atomic mass is 15.2. The lowest BCUT2D eigenvalue weighted by Crippen LogP contribution is -2.54. The second-order valence-corrected chi connectivity index (χ2v) is 9.93. The van der Waals surface area contributed by atoms with Crippen LogP contribution in [0.25, 0.3) is 22.1 Å². The van der Waals surface area contributed by atoms with Crippen LogP contribution in [-0.2, 0) is 13.1 Å². The number of aromatic nitrogens is 2. The van der Waals surface area contributed by atoms with Gasteiger partial charge in [0.05, 0.1) is 22.1 Å². The molecule has 6 heteroatoms. The van der Waals surface area contributed by atoms with Crippen LogP contribution in [-0.4, -0.2) is 70.1 Å². The summed E-state index contributed by atoms with van der Waals surface area (Å²) in [6.07, 6.45) is 0. The van der Waals surface area contributed by atoms with Crippen molar-refractivity contribution in [2.75, 3.05) is 26.2 Å². The molecule has 3 heterocycles. The minimum absolute atomic E-state index is 0.537. The fraction of sp³-hybridized carbons (Fsp3) is 0.538. The molecule has 0 spiro atoms. The van der Waals surface area contributed by atoms with E-state index in [-0.39, 0.29) is 0 Å². The minimum Gasteiger partial charge on any atom is -0.314 e. The lowest BCUT2D eigenvalue weighted by atomic mass is 10.1. The van der Waals surface area contributed by atoms with Gasteiger partial charge in [-0.3, -0.25) is 9.80 Å². The molecule has 32 heavy (non-hydrogen) atoms. The van der Waals surface area contributed by atoms with Gasteiger partial charge in [-0.1, -0.05) is 12.1 Å². The quantitative estimate of drug-likeness (QED) is 0.618. The Kier molecular flexibility index (Phi) is 6.12. The molecule has 2 aliphatic rings. The number of hydrogen-bond acceptors (Lipinski definition) is 6. The van der Waals surface area contributed by atoms with E-state index in [2.05, 4.69) is 84.5 Å². The molecule has 0 amide bonds. The summed E-state index contributed by atoms with van der Waals surface area (Å²) >= 11 is 0. The molecule has 4 atom stereocenters. The maximum Gasteiger partial charge on any atom is 0.0897 e. The van der Waals surface area contributed by atoms with E-state index in [9.17, 15) is 0 Å². The molecule has 2 aromatic carbocycles. The van der Waals surface area contributed by atoms with Crippen LogP contribution in [0.4, 0.5) is 0 Å².